The Balaban J connectivity index is 1.20. The molecule has 0 radical (unpaired) electrons. The van der Waals surface area contributed by atoms with E-state index in [0.717, 1.165) is 55.7 Å². The molecule has 2 aromatic rings. The molecule has 168 valence electrons. The summed E-state index contributed by atoms with van der Waals surface area (Å²) in [4.78, 5) is 24.6. The Morgan fingerprint density at radius 3 is 2.53 bits per heavy atom. The fourth-order valence-electron chi connectivity index (χ4n) is 6.31. The molecule has 0 spiro atoms. The molecule has 1 saturated heterocycles. The van der Waals surface area contributed by atoms with Crippen molar-refractivity contribution >= 4 is 28.8 Å². The Morgan fingerprint density at radius 1 is 1.00 bits per heavy atom. The quantitative estimate of drug-likeness (QED) is 0.792. The van der Waals surface area contributed by atoms with Crippen molar-refractivity contribution in [2.75, 3.05) is 48.3 Å². The van der Waals surface area contributed by atoms with E-state index in [2.05, 4.69) is 62.4 Å². The van der Waals surface area contributed by atoms with Gasteiger partial charge in [0.1, 0.15) is 5.82 Å². The van der Waals surface area contributed by atoms with E-state index >= 15 is 0 Å². The van der Waals surface area contributed by atoms with Crippen LogP contribution in [0, 0.1) is 11.8 Å². The molecule has 3 unspecified atom stereocenters. The van der Waals surface area contributed by atoms with Crippen LogP contribution in [0.4, 0.5) is 22.9 Å². The van der Waals surface area contributed by atoms with Crippen molar-refractivity contribution in [3.05, 3.63) is 42.1 Å². The van der Waals surface area contributed by atoms with Gasteiger partial charge in [-0.3, -0.25) is 4.79 Å². The number of pyridine rings is 1. The summed E-state index contributed by atoms with van der Waals surface area (Å²) in [7, 11) is 2.18. The number of rotatable bonds is 4. The number of fused-ring (bicyclic) bond motifs is 3. The zero-order valence-corrected chi connectivity index (χ0v) is 19.0. The molecule has 3 atom stereocenters. The number of nitrogens with one attached hydrogen (secondary N) is 1. The van der Waals surface area contributed by atoms with Crippen LogP contribution in [0.2, 0.25) is 0 Å². The van der Waals surface area contributed by atoms with E-state index in [0.29, 0.717) is 24.3 Å². The molecule has 2 aliphatic carbocycles. The van der Waals surface area contributed by atoms with E-state index in [9.17, 15) is 4.79 Å². The largest absolute Gasteiger partial charge is 0.369 e. The lowest BCUT2D eigenvalue weighted by Gasteiger charge is -2.38. The summed E-state index contributed by atoms with van der Waals surface area (Å²) in [5.41, 5.74) is 4.60. The number of amides is 1. The number of benzene rings is 1. The minimum Gasteiger partial charge on any atom is -0.369 e. The molecule has 1 amide bonds. The molecule has 1 aromatic carbocycles. The molecule has 4 aliphatic rings. The average Bonchev–Trinajstić information content (AvgIpc) is 3.44. The van der Waals surface area contributed by atoms with E-state index in [1.807, 2.05) is 6.20 Å². The first kappa shape index (κ1) is 20.0. The van der Waals surface area contributed by atoms with E-state index < -0.39 is 0 Å². The summed E-state index contributed by atoms with van der Waals surface area (Å²) in [6.45, 7) is 4.36. The molecule has 2 aliphatic heterocycles. The smallest absolute Gasteiger partial charge is 0.227 e. The number of piperazine rings is 1. The van der Waals surface area contributed by atoms with Crippen LogP contribution >= 0.6 is 0 Å². The van der Waals surface area contributed by atoms with Gasteiger partial charge < -0.3 is 20.0 Å². The maximum Gasteiger partial charge on any atom is 0.227 e. The molecule has 2 saturated carbocycles. The lowest BCUT2D eigenvalue weighted by atomic mass is 9.91. The molecule has 6 heteroatoms. The van der Waals surface area contributed by atoms with Gasteiger partial charge in [0.05, 0.1) is 5.69 Å². The van der Waals surface area contributed by atoms with Crippen molar-refractivity contribution in [2.24, 2.45) is 11.8 Å². The van der Waals surface area contributed by atoms with E-state index in [4.69, 9.17) is 0 Å². The Hall–Kier alpha value is -2.60. The van der Waals surface area contributed by atoms with Crippen LogP contribution in [0.25, 0.3) is 0 Å². The first-order chi connectivity index (χ1) is 15.6. The third-order valence-corrected chi connectivity index (χ3v) is 8.14. The number of anilines is 4. The molecule has 6 rings (SSSR count). The highest BCUT2D eigenvalue weighted by atomic mass is 16.2. The maximum atomic E-state index is 13.0. The summed E-state index contributed by atoms with van der Waals surface area (Å²) in [6.07, 6.45) is 8.51. The van der Waals surface area contributed by atoms with Gasteiger partial charge in [-0.1, -0.05) is 6.42 Å². The number of aromatic nitrogens is 1. The average molecular weight is 432 g/mol. The van der Waals surface area contributed by atoms with Crippen molar-refractivity contribution < 1.29 is 4.79 Å². The van der Waals surface area contributed by atoms with Gasteiger partial charge in [-0.2, -0.15) is 0 Å². The van der Waals surface area contributed by atoms with Crippen molar-refractivity contribution in [2.45, 2.75) is 44.6 Å². The molecule has 32 heavy (non-hydrogen) atoms. The summed E-state index contributed by atoms with van der Waals surface area (Å²) in [6, 6.07) is 11.1. The Labute approximate surface area is 190 Å². The zero-order valence-electron chi connectivity index (χ0n) is 19.0. The number of carbonyl (C=O) groups excluding carboxylic acids is 1. The van der Waals surface area contributed by atoms with Crippen LogP contribution in [-0.2, 0) is 11.2 Å². The minimum atomic E-state index is 0.295. The topological polar surface area (TPSA) is 51.7 Å². The lowest BCUT2D eigenvalue weighted by molar-refractivity contribution is -0.119. The molecular weight excluding hydrogens is 398 g/mol. The van der Waals surface area contributed by atoms with Gasteiger partial charge in [0, 0.05) is 62.3 Å². The summed E-state index contributed by atoms with van der Waals surface area (Å²) >= 11 is 0. The highest BCUT2D eigenvalue weighted by molar-refractivity contribution is 5.97. The van der Waals surface area contributed by atoms with E-state index in [-0.39, 0.29) is 0 Å². The van der Waals surface area contributed by atoms with Crippen molar-refractivity contribution in [3.63, 3.8) is 0 Å². The van der Waals surface area contributed by atoms with Gasteiger partial charge >= 0.3 is 0 Å². The third-order valence-electron chi connectivity index (χ3n) is 8.14. The van der Waals surface area contributed by atoms with Gasteiger partial charge in [-0.25, -0.2) is 4.98 Å². The number of nitrogens with zero attached hydrogens (tertiary/aromatic N) is 4. The molecule has 2 bridgehead atoms. The number of likely N-dealkylation sites (N-methyl/N-ethyl adjacent to an activating group) is 1. The van der Waals surface area contributed by atoms with Gasteiger partial charge in [-0.15, -0.1) is 0 Å². The molecule has 1 N–H and O–H groups in total. The Kier molecular flexibility index (Phi) is 5.05. The second kappa shape index (κ2) is 8.07. The second-order valence-electron chi connectivity index (χ2n) is 10.2. The van der Waals surface area contributed by atoms with Crippen LogP contribution < -0.4 is 15.1 Å². The fourth-order valence-corrected chi connectivity index (χ4v) is 6.31. The van der Waals surface area contributed by atoms with Gasteiger partial charge in [0.25, 0.3) is 0 Å². The Morgan fingerprint density at radius 2 is 1.81 bits per heavy atom. The standard InChI is InChI=1S/C26H33N5O/c1-29-10-12-30(13-11-29)22-7-5-21(6-8-22)28-25-16-24-20(17-27-25)4-9-26(32)31(24)23-15-18-2-3-19(23)14-18/h5-8,16-19,23H,2-4,9-15H2,1H3,(H,27,28). The molecular formula is C26H33N5O. The SMILES string of the molecule is CN1CCN(c2ccc(Nc3cc4c(cn3)CCC(=O)N4C3CC4CCC3C4)cc2)CC1. The van der Waals surface area contributed by atoms with Crippen molar-refractivity contribution in [3.8, 4) is 0 Å². The van der Waals surface area contributed by atoms with Gasteiger partial charge in [0.15, 0.2) is 0 Å². The highest BCUT2D eigenvalue weighted by Gasteiger charge is 2.45. The van der Waals surface area contributed by atoms with Crippen LogP contribution in [0.3, 0.4) is 0 Å². The van der Waals surface area contributed by atoms with Crippen LogP contribution in [-0.4, -0.2) is 55.1 Å². The highest BCUT2D eigenvalue weighted by Crippen LogP contribution is 2.49. The van der Waals surface area contributed by atoms with Crippen LogP contribution in [0.1, 0.15) is 37.7 Å². The second-order valence-corrected chi connectivity index (χ2v) is 10.2. The molecule has 3 heterocycles. The van der Waals surface area contributed by atoms with E-state index in [1.54, 1.807) is 0 Å². The van der Waals surface area contributed by atoms with Crippen LogP contribution in [0.15, 0.2) is 36.5 Å². The monoisotopic (exact) mass is 431 g/mol. The van der Waals surface area contributed by atoms with Crippen molar-refractivity contribution in [1.29, 1.82) is 0 Å². The molecule has 1 aromatic heterocycles. The minimum absolute atomic E-state index is 0.295. The number of hydrogen-bond donors (Lipinski definition) is 1. The van der Waals surface area contributed by atoms with Crippen molar-refractivity contribution in [1.82, 2.24) is 9.88 Å². The zero-order chi connectivity index (χ0) is 21.7. The summed E-state index contributed by atoms with van der Waals surface area (Å²) in [5.74, 6) is 2.62. The summed E-state index contributed by atoms with van der Waals surface area (Å²) in [5, 5.41) is 3.48. The number of aryl methyl sites for hydroxylation is 1. The molecule has 6 nitrogen and oxygen atoms in total. The fraction of sp³-hybridized carbons (Fsp3) is 0.538. The summed E-state index contributed by atoms with van der Waals surface area (Å²) < 4.78 is 0. The van der Waals surface area contributed by atoms with E-state index in [1.165, 1.54) is 36.9 Å². The Bertz CT molecular complexity index is 998. The predicted octanol–water partition coefficient (Wildman–Crippen LogP) is 4.04. The molecule has 3 fully saturated rings. The van der Waals surface area contributed by atoms with Crippen LogP contribution in [0.5, 0.6) is 0 Å². The normalized spacial score (nSPS) is 27.7. The maximum absolute atomic E-state index is 13.0. The number of hydrogen-bond acceptors (Lipinski definition) is 5. The first-order valence-corrected chi connectivity index (χ1v) is 12.3. The van der Waals surface area contributed by atoms with Gasteiger partial charge in [-0.05, 0) is 74.4 Å². The third kappa shape index (κ3) is 3.64. The number of carbonyl (C=O) groups is 1. The first-order valence-electron chi connectivity index (χ1n) is 12.3. The van der Waals surface area contributed by atoms with Gasteiger partial charge in [0.2, 0.25) is 5.91 Å². The predicted molar refractivity (Wildman–Crippen MR) is 129 cm³/mol. The lowest BCUT2D eigenvalue weighted by Crippen LogP contribution is -2.46.